The van der Waals surface area contributed by atoms with Gasteiger partial charge in [-0.1, -0.05) is 45.8 Å². The van der Waals surface area contributed by atoms with Crippen LogP contribution in [-0.4, -0.2) is 7.11 Å². The van der Waals surface area contributed by atoms with E-state index in [1.165, 1.54) is 16.7 Å². The van der Waals surface area contributed by atoms with Crippen LogP contribution in [0, 0.1) is 6.92 Å². The summed E-state index contributed by atoms with van der Waals surface area (Å²) in [7, 11) is 1.68. The van der Waals surface area contributed by atoms with Gasteiger partial charge in [-0.25, -0.2) is 0 Å². The molecule has 0 saturated carbocycles. The Kier molecular flexibility index (Phi) is 5.79. The summed E-state index contributed by atoms with van der Waals surface area (Å²) in [5, 5.41) is 0. The van der Waals surface area contributed by atoms with Crippen molar-refractivity contribution in [2.24, 2.45) is 5.84 Å². The van der Waals surface area contributed by atoms with Crippen molar-refractivity contribution in [3.05, 3.63) is 63.6 Å². The first-order valence-corrected chi connectivity index (χ1v) is 7.78. The van der Waals surface area contributed by atoms with Gasteiger partial charge in [0.25, 0.3) is 0 Å². The number of benzene rings is 2. The van der Waals surface area contributed by atoms with Crippen LogP contribution < -0.4 is 16.0 Å². The molecule has 0 radical (unpaired) electrons. The van der Waals surface area contributed by atoms with Crippen molar-refractivity contribution in [3.63, 3.8) is 0 Å². The largest absolute Gasteiger partial charge is 0.497 e. The summed E-state index contributed by atoms with van der Waals surface area (Å²) >= 11 is 3.60. The summed E-state index contributed by atoms with van der Waals surface area (Å²) in [5.74, 6) is 6.63. The fourth-order valence-electron chi connectivity index (χ4n) is 2.36. The molecule has 112 valence electrons. The molecule has 0 saturated heterocycles. The van der Waals surface area contributed by atoms with Crippen LogP contribution in [0.2, 0.25) is 0 Å². The molecule has 2 rings (SSSR count). The second kappa shape index (κ2) is 7.59. The van der Waals surface area contributed by atoms with E-state index >= 15 is 0 Å². The summed E-state index contributed by atoms with van der Waals surface area (Å²) in [6, 6.07) is 14.6. The average molecular weight is 349 g/mol. The molecule has 0 bridgehead atoms. The third kappa shape index (κ3) is 4.30. The first-order valence-electron chi connectivity index (χ1n) is 6.99. The predicted octanol–water partition coefficient (Wildman–Crippen LogP) is 3.90. The maximum Gasteiger partial charge on any atom is 0.118 e. The van der Waals surface area contributed by atoms with E-state index in [2.05, 4.69) is 58.6 Å². The molecule has 3 nitrogen and oxygen atoms in total. The fraction of sp³-hybridized carbons (Fsp3) is 0.294. The summed E-state index contributed by atoms with van der Waals surface area (Å²) < 4.78 is 6.26. The second-order valence-corrected chi connectivity index (χ2v) is 5.99. The van der Waals surface area contributed by atoms with E-state index in [-0.39, 0.29) is 6.04 Å². The van der Waals surface area contributed by atoms with Crippen molar-refractivity contribution in [2.75, 3.05) is 7.11 Å². The van der Waals surface area contributed by atoms with Crippen LogP contribution in [0.15, 0.2) is 46.9 Å². The first kappa shape index (κ1) is 16.0. The molecule has 0 aliphatic heterocycles. The van der Waals surface area contributed by atoms with Crippen molar-refractivity contribution >= 4 is 15.9 Å². The SMILES string of the molecule is COc1ccc(CCC(NN)c2cc(C)ccc2Br)cc1. The lowest BCUT2D eigenvalue weighted by Gasteiger charge is -2.18. The first-order chi connectivity index (χ1) is 10.1. The standard InChI is InChI=1S/C17H21BrN2O/c1-12-3-9-16(18)15(11-12)17(20-19)10-6-13-4-7-14(21-2)8-5-13/h3-5,7-9,11,17,20H,6,10,19H2,1-2H3. The maximum atomic E-state index is 5.74. The Hall–Kier alpha value is -1.36. The van der Waals surface area contributed by atoms with Gasteiger partial charge in [0.1, 0.15) is 5.75 Å². The quantitative estimate of drug-likeness (QED) is 0.614. The van der Waals surface area contributed by atoms with Crippen LogP contribution in [0.3, 0.4) is 0 Å². The van der Waals surface area contributed by atoms with E-state index in [9.17, 15) is 0 Å². The third-order valence-electron chi connectivity index (χ3n) is 3.61. The molecular formula is C17H21BrN2O. The van der Waals surface area contributed by atoms with Crippen LogP contribution in [0.1, 0.15) is 29.2 Å². The number of hydrogen-bond donors (Lipinski definition) is 2. The van der Waals surface area contributed by atoms with Gasteiger partial charge in [-0.3, -0.25) is 11.3 Å². The number of nitrogens with two attached hydrogens (primary N) is 1. The Morgan fingerprint density at radius 2 is 1.90 bits per heavy atom. The molecule has 0 aliphatic carbocycles. The average Bonchev–Trinajstić information content (AvgIpc) is 2.51. The van der Waals surface area contributed by atoms with Gasteiger partial charge in [0, 0.05) is 10.5 Å². The Morgan fingerprint density at radius 3 is 2.52 bits per heavy atom. The number of hydrazine groups is 1. The molecule has 1 unspecified atom stereocenters. The van der Waals surface area contributed by atoms with Crippen molar-refractivity contribution < 1.29 is 4.74 Å². The number of hydrogen-bond acceptors (Lipinski definition) is 3. The van der Waals surface area contributed by atoms with Gasteiger partial charge in [0.2, 0.25) is 0 Å². The monoisotopic (exact) mass is 348 g/mol. The normalized spacial score (nSPS) is 12.2. The number of methoxy groups -OCH3 is 1. The highest BCUT2D eigenvalue weighted by Gasteiger charge is 2.13. The lowest BCUT2D eigenvalue weighted by molar-refractivity contribution is 0.414. The Bertz CT molecular complexity index is 584. The van der Waals surface area contributed by atoms with Crippen molar-refractivity contribution in [2.45, 2.75) is 25.8 Å². The van der Waals surface area contributed by atoms with Gasteiger partial charge in [0.05, 0.1) is 7.11 Å². The minimum atomic E-state index is 0.126. The lowest BCUT2D eigenvalue weighted by Crippen LogP contribution is -2.28. The molecule has 0 amide bonds. The minimum Gasteiger partial charge on any atom is -0.497 e. The molecule has 21 heavy (non-hydrogen) atoms. The summed E-state index contributed by atoms with van der Waals surface area (Å²) in [6.07, 6.45) is 1.89. The van der Waals surface area contributed by atoms with Crippen LogP contribution in [0.4, 0.5) is 0 Å². The highest BCUT2D eigenvalue weighted by Crippen LogP contribution is 2.27. The maximum absolute atomic E-state index is 5.74. The Labute approximate surface area is 134 Å². The van der Waals surface area contributed by atoms with E-state index in [1.807, 2.05) is 12.1 Å². The summed E-state index contributed by atoms with van der Waals surface area (Å²) in [6.45, 7) is 2.09. The topological polar surface area (TPSA) is 47.3 Å². The second-order valence-electron chi connectivity index (χ2n) is 5.13. The van der Waals surface area contributed by atoms with E-state index in [4.69, 9.17) is 10.6 Å². The number of rotatable bonds is 6. The smallest absolute Gasteiger partial charge is 0.118 e. The van der Waals surface area contributed by atoms with Gasteiger partial charge < -0.3 is 4.74 Å². The van der Waals surface area contributed by atoms with E-state index in [0.717, 1.165) is 23.1 Å². The summed E-state index contributed by atoms with van der Waals surface area (Å²) in [4.78, 5) is 0. The predicted molar refractivity (Wildman–Crippen MR) is 90.3 cm³/mol. The van der Waals surface area contributed by atoms with Crippen LogP contribution >= 0.6 is 15.9 Å². The summed E-state index contributed by atoms with van der Waals surface area (Å²) in [5.41, 5.74) is 6.64. The van der Waals surface area contributed by atoms with Crippen LogP contribution in [0.25, 0.3) is 0 Å². The van der Waals surface area contributed by atoms with Gasteiger partial charge in [-0.05, 0) is 49.1 Å². The molecule has 2 aromatic rings. The van der Waals surface area contributed by atoms with Crippen LogP contribution in [0.5, 0.6) is 5.75 Å². The van der Waals surface area contributed by atoms with Gasteiger partial charge in [-0.15, -0.1) is 0 Å². The minimum absolute atomic E-state index is 0.126. The number of aryl methyl sites for hydroxylation is 2. The zero-order valence-corrected chi connectivity index (χ0v) is 14.0. The molecule has 4 heteroatoms. The molecule has 0 spiro atoms. The number of halogens is 1. The lowest BCUT2D eigenvalue weighted by atomic mass is 9.98. The van der Waals surface area contributed by atoms with E-state index < -0.39 is 0 Å². The molecule has 0 aliphatic rings. The van der Waals surface area contributed by atoms with Gasteiger partial charge >= 0.3 is 0 Å². The Morgan fingerprint density at radius 1 is 1.19 bits per heavy atom. The fourth-order valence-corrected chi connectivity index (χ4v) is 2.88. The highest BCUT2D eigenvalue weighted by molar-refractivity contribution is 9.10. The number of ether oxygens (including phenoxy) is 1. The van der Waals surface area contributed by atoms with Crippen LogP contribution in [-0.2, 0) is 6.42 Å². The van der Waals surface area contributed by atoms with E-state index in [1.54, 1.807) is 7.11 Å². The van der Waals surface area contributed by atoms with Gasteiger partial charge in [-0.2, -0.15) is 0 Å². The molecule has 0 fully saturated rings. The number of nitrogens with one attached hydrogen (secondary N) is 1. The van der Waals surface area contributed by atoms with Crippen molar-refractivity contribution in [1.82, 2.24) is 5.43 Å². The van der Waals surface area contributed by atoms with Crippen molar-refractivity contribution in [3.8, 4) is 5.75 Å². The third-order valence-corrected chi connectivity index (χ3v) is 4.33. The molecular weight excluding hydrogens is 328 g/mol. The van der Waals surface area contributed by atoms with Crippen molar-refractivity contribution in [1.29, 1.82) is 0 Å². The molecule has 2 aromatic carbocycles. The van der Waals surface area contributed by atoms with E-state index in [0.29, 0.717) is 0 Å². The molecule has 0 heterocycles. The van der Waals surface area contributed by atoms with Gasteiger partial charge in [0.15, 0.2) is 0 Å². The highest BCUT2D eigenvalue weighted by atomic mass is 79.9. The zero-order chi connectivity index (χ0) is 15.2. The molecule has 0 aromatic heterocycles. The molecule has 3 N–H and O–H groups in total. The Balaban J connectivity index is 2.06. The zero-order valence-electron chi connectivity index (χ0n) is 12.4. The molecule has 1 atom stereocenters.